The van der Waals surface area contributed by atoms with Crippen LogP contribution in [0, 0.1) is 30.9 Å². The summed E-state index contributed by atoms with van der Waals surface area (Å²) in [5.41, 5.74) is 10.0. The zero-order valence-electron chi connectivity index (χ0n) is 14.0. The number of aromatic nitrogens is 4. The smallest absolute Gasteiger partial charge is 0.329 e. The van der Waals surface area contributed by atoms with Crippen LogP contribution in [0.5, 0.6) is 0 Å². The van der Waals surface area contributed by atoms with E-state index in [2.05, 4.69) is 26.4 Å². The molecule has 0 saturated carbocycles. The summed E-state index contributed by atoms with van der Waals surface area (Å²) in [6.45, 7) is 5.95. The lowest BCUT2D eigenvalue weighted by Crippen LogP contribution is -2.05. The van der Waals surface area contributed by atoms with Crippen LogP contribution < -0.4 is 11.1 Å². The first-order valence-corrected chi connectivity index (χ1v) is 7.53. The van der Waals surface area contributed by atoms with E-state index < -0.39 is 4.92 Å². The first kappa shape index (κ1) is 16.4. The van der Waals surface area contributed by atoms with Gasteiger partial charge in [-0.25, -0.2) is 9.67 Å². The van der Waals surface area contributed by atoms with Gasteiger partial charge in [0, 0.05) is 0 Å². The highest BCUT2D eigenvalue weighted by atomic mass is 16.6. The fourth-order valence-electron chi connectivity index (χ4n) is 2.43. The number of hydrogen-bond acceptors (Lipinski definition) is 7. The molecule has 2 heterocycles. The van der Waals surface area contributed by atoms with E-state index in [0.717, 1.165) is 28.7 Å². The van der Waals surface area contributed by atoms with Gasteiger partial charge in [-0.1, -0.05) is 12.1 Å². The van der Waals surface area contributed by atoms with E-state index in [1.54, 1.807) is 6.20 Å². The number of nitrogens with one attached hydrogen (secondary N) is 1. The van der Waals surface area contributed by atoms with Crippen molar-refractivity contribution in [2.45, 2.75) is 20.8 Å². The quantitative estimate of drug-likeness (QED) is 0.553. The Balaban J connectivity index is 1.93. The Hall–Kier alpha value is -3.49. The molecule has 0 aliphatic rings. The molecule has 0 spiro atoms. The Labute approximate surface area is 143 Å². The lowest BCUT2D eigenvalue weighted by molar-refractivity contribution is -0.384. The van der Waals surface area contributed by atoms with E-state index >= 15 is 0 Å². The largest absolute Gasteiger partial charge is 0.378 e. The second-order valence-corrected chi connectivity index (χ2v) is 5.69. The molecule has 25 heavy (non-hydrogen) atoms. The van der Waals surface area contributed by atoms with Gasteiger partial charge in [0.1, 0.15) is 6.20 Å². The molecule has 9 nitrogen and oxygen atoms in total. The number of benzene rings is 1. The van der Waals surface area contributed by atoms with Crippen molar-refractivity contribution in [3.05, 3.63) is 57.5 Å². The minimum Gasteiger partial charge on any atom is -0.378 e. The van der Waals surface area contributed by atoms with E-state index in [0.29, 0.717) is 5.69 Å². The van der Waals surface area contributed by atoms with Gasteiger partial charge in [-0.3, -0.25) is 10.1 Å². The van der Waals surface area contributed by atoms with E-state index in [-0.39, 0.29) is 17.5 Å². The standard InChI is InChI=1S/C16H17N7O2/c1-9-4-5-10(2)13(6-9)22-11(3)12(7-19-22)20-16-18-8-14(23(24)25)15(17)21-16/h4-8H,1-3H3,(H3,17,18,20,21). The molecular weight excluding hydrogens is 322 g/mol. The number of nitrogens with two attached hydrogens (primary N) is 1. The van der Waals surface area contributed by atoms with Crippen molar-refractivity contribution in [1.29, 1.82) is 0 Å². The maximum absolute atomic E-state index is 10.8. The fraction of sp³-hybridized carbons (Fsp3) is 0.188. The summed E-state index contributed by atoms with van der Waals surface area (Å²) in [6, 6.07) is 6.14. The van der Waals surface area contributed by atoms with E-state index in [1.807, 2.05) is 37.6 Å². The highest BCUT2D eigenvalue weighted by molar-refractivity contribution is 5.61. The maximum atomic E-state index is 10.8. The van der Waals surface area contributed by atoms with Gasteiger partial charge >= 0.3 is 5.69 Å². The second kappa shape index (κ2) is 6.19. The van der Waals surface area contributed by atoms with Crippen molar-refractivity contribution < 1.29 is 4.92 Å². The summed E-state index contributed by atoms with van der Waals surface area (Å²) in [5, 5.41) is 18.2. The molecule has 0 aliphatic heterocycles. The topological polar surface area (TPSA) is 125 Å². The van der Waals surface area contributed by atoms with Crippen molar-refractivity contribution in [2.24, 2.45) is 0 Å². The average molecular weight is 339 g/mol. The third-order valence-corrected chi connectivity index (χ3v) is 3.84. The number of aryl methyl sites for hydroxylation is 2. The van der Waals surface area contributed by atoms with Gasteiger partial charge in [0.25, 0.3) is 0 Å². The van der Waals surface area contributed by atoms with Crippen molar-refractivity contribution in [3.8, 4) is 5.69 Å². The van der Waals surface area contributed by atoms with Crippen LogP contribution in [0.25, 0.3) is 5.69 Å². The molecule has 0 radical (unpaired) electrons. The Morgan fingerprint density at radius 1 is 1.24 bits per heavy atom. The molecule has 0 unspecified atom stereocenters. The molecule has 1 aromatic carbocycles. The summed E-state index contributed by atoms with van der Waals surface area (Å²) in [7, 11) is 0. The third kappa shape index (κ3) is 3.11. The molecule has 0 saturated heterocycles. The van der Waals surface area contributed by atoms with Crippen LogP contribution in [0.3, 0.4) is 0 Å². The van der Waals surface area contributed by atoms with Gasteiger partial charge in [-0.2, -0.15) is 10.1 Å². The van der Waals surface area contributed by atoms with E-state index in [4.69, 9.17) is 5.73 Å². The van der Waals surface area contributed by atoms with Crippen LogP contribution in [0.15, 0.2) is 30.6 Å². The lowest BCUT2D eigenvalue weighted by atomic mass is 10.1. The highest BCUT2D eigenvalue weighted by Crippen LogP contribution is 2.25. The van der Waals surface area contributed by atoms with Crippen molar-refractivity contribution >= 4 is 23.1 Å². The zero-order valence-corrected chi connectivity index (χ0v) is 14.0. The minimum absolute atomic E-state index is 0.173. The predicted molar refractivity (Wildman–Crippen MR) is 94.2 cm³/mol. The van der Waals surface area contributed by atoms with Gasteiger partial charge in [-0.05, 0) is 38.0 Å². The zero-order chi connectivity index (χ0) is 18.1. The van der Waals surface area contributed by atoms with Crippen molar-refractivity contribution in [1.82, 2.24) is 19.7 Å². The van der Waals surface area contributed by atoms with Crippen molar-refractivity contribution in [2.75, 3.05) is 11.1 Å². The molecular formula is C16H17N7O2. The summed E-state index contributed by atoms with van der Waals surface area (Å²) in [4.78, 5) is 18.0. The van der Waals surface area contributed by atoms with Crippen LogP contribution in [0.4, 0.5) is 23.1 Å². The van der Waals surface area contributed by atoms with Crippen LogP contribution in [0.2, 0.25) is 0 Å². The molecule has 3 rings (SSSR count). The SMILES string of the molecule is Cc1ccc(C)c(-n2ncc(Nc3ncc([N+](=O)[O-])c(N)n3)c2C)c1. The molecule has 3 aromatic rings. The fourth-order valence-corrected chi connectivity index (χ4v) is 2.43. The molecule has 3 N–H and O–H groups in total. The third-order valence-electron chi connectivity index (χ3n) is 3.84. The average Bonchev–Trinajstić information content (AvgIpc) is 2.90. The molecule has 0 atom stereocenters. The molecule has 0 fully saturated rings. The monoisotopic (exact) mass is 339 g/mol. The van der Waals surface area contributed by atoms with Crippen LogP contribution >= 0.6 is 0 Å². The highest BCUT2D eigenvalue weighted by Gasteiger charge is 2.16. The number of nitrogens with zero attached hydrogens (tertiary/aromatic N) is 5. The summed E-state index contributed by atoms with van der Waals surface area (Å²) >= 11 is 0. The van der Waals surface area contributed by atoms with Crippen LogP contribution in [-0.2, 0) is 0 Å². The number of hydrogen-bond donors (Lipinski definition) is 2. The lowest BCUT2D eigenvalue weighted by Gasteiger charge is -2.10. The first-order valence-electron chi connectivity index (χ1n) is 7.53. The first-order chi connectivity index (χ1) is 11.9. The molecule has 0 bridgehead atoms. The Kier molecular flexibility index (Phi) is 4.05. The summed E-state index contributed by atoms with van der Waals surface area (Å²) in [5.74, 6) is -0.0196. The number of rotatable bonds is 4. The predicted octanol–water partition coefficient (Wildman–Crippen LogP) is 2.82. The van der Waals surface area contributed by atoms with Crippen molar-refractivity contribution in [3.63, 3.8) is 0 Å². The molecule has 128 valence electrons. The normalized spacial score (nSPS) is 10.7. The maximum Gasteiger partial charge on any atom is 0.329 e. The summed E-state index contributed by atoms with van der Waals surface area (Å²) in [6.07, 6.45) is 2.73. The number of nitro groups is 1. The summed E-state index contributed by atoms with van der Waals surface area (Å²) < 4.78 is 1.82. The van der Waals surface area contributed by atoms with Gasteiger partial charge in [0.15, 0.2) is 0 Å². The van der Waals surface area contributed by atoms with Gasteiger partial charge in [0.2, 0.25) is 11.8 Å². The van der Waals surface area contributed by atoms with E-state index in [1.165, 1.54) is 0 Å². The second-order valence-electron chi connectivity index (χ2n) is 5.69. The van der Waals surface area contributed by atoms with Crippen LogP contribution in [0.1, 0.15) is 16.8 Å². The molecule has 9 heteroatoms. The molecule has 2 aromatic heterocycles. The number of anilines is 3. The molecule has 0 aliphatic carbocycles. The minimum atomic E-state index is -0.622. The van der Waals surface area contributed by atoms with Crippen LogP contribution in [-0.4, -0.2) is 24.7 Å². The molecule has 0 amide bonds. The Bertz CT molecular complexity index is 965. The van der Waals surface area contributed by atoms with Gasteiger partial charge < -0.3 is 11.1 Å². The Morgan fingerprint density at radius 2 is 2.00 bits per heavy atom. The number of nitrogen functional groups attached to an aromatic ring is 1. The Morgan fingerprint density at radius 3 is 2.68 bits per heavy atom. The van der Waals surface area contributed by atoms with Gasteiger partial charge in [0.05, 0.1) is 28.2 Å². The van der Waals surface area contributed by atoms with E-state index in [9.17, 15) is 10.1 Å². The van der Waals surface area contributed by atoms with Gasteiger partial charge in [-0.15, -0.1) is 0 Å².